The smallest absolute Gasteiger partial charge is 0.352 e. The average molecular weight is 653 g/mol. The Bertz CT molecular complexity index is 1470. The van der Waals surface area contributed by atoms with Gasteiger partial charge in [-0.2, -0.15) is 0 Å². The van der Waals surface area contributed by atoms with E-state index in [9.17, 15) is 34.2 Å². The highest BCUT2D eigenvalue weighted by molar-refractivity contribution is 8.01. The molecular weight excluding hydrogens is 624 g/mol. The van der Waals surface area contributed by atoms with Crippen LogP contribution in [0.2, 0.25) is 5.02 Å². The number of nitrogens with one attached hydrogen (secondary N) is 3. The van der Waals surface area contributed by atoms with Crippen LogP contribution in [0.3, 0.4) is 0 Å². The summed E-state index contributed by atoms with van der Waals surface area (Å²) in [7, 11) is 0. The van der Waals surface area contributed by atoms with Crippen LogP contribution in [0.5, 0.6) is 0 Å². The number of halogens is 1. The molecule has 2 aliphatic rings. The number of carboxylic acids is 2. The van der Waals surface area contributed by atoms with Crippen molar-refractivity contribution in [3.8, 4) is 0 Å². The Morgan fingerprint density at radius 3 is 2.77 bits per heavy atom. The first-order valence-corrected chi connectivity index (χ1v) is 15.6. The Morgan fingerprint density at radius 2 is 2.07 bits per heavy atom. The molecule has 230 valence electrons. The number of nitrogens with zero attached hydrogens (tertiary/aromatic N) is 3. The minimum Gasteiger partial charge on any atom is -0.480 e. The number of unbranched alkanes of at least 4 members (excludes halogenated alkanes) is 1. The van der Waals surface area contributed by atoms with Crippen LogP contribution in [0.25, 0.3) is 0 Å². The normalized spacial score (nSPS) is 18.5. The summed E-state index contributed by atoms with van der Waals surface area (Å²) >= 11 is 8.58. The first-order valence-electron chi connectivity index (χ1n) is 13.2. The molecule has 2 aromatic rings. The molecule has 4 rings (SSSR count). The van der Waals surface area contributed by atoms with E-state index < -0.39 is 41.1 Å². The number of thioether (sulfide) groups is 2. The number of aryl methyl sites for hydroxylation is 1. The van der Waals surface area contributed by atoms with Crippen LogP contribution < -0.4 is 10.8 Å². The maximum Gasteiger partial charge on any atom is 0.352 e. The van der Waals surface area contributed by atoms with Crippen LogP contribution in [0, 0.1) is 6.92 Å². The van der Waals surface area contributed by atoms with Gasteiger partial charge in [-0.25, -0.2) is 9.78 Å². The van der Waals surface area contributed by atoms with E-state index in [0.29, 0.717) is 28.5 Å². The number of hydrogen-bond acceptors (Lipinski definition) is 11. The number of aromatic amines is 1. The topological polar surface area (TPSA) is 204 Å². The lowest BCUT2D eigenvalue weighted by molar-refractivity contribution is -0.152. The number of carbonyl (C=O) groups is 5. The van der Waals surface area contributed by atoms with E-state index in [4.69, 9.17) is 16.4 Å². The van der Waals surface area contributed by atoms with Crippen LogP contribution >= 0.6 is 35.1 Å². The van der Waals surface area contributed by atoms with Gasteiger partial charge in [-0.3, -0.25) is 29.2 Å². The lowest BCUT2D eigenvalue weighted by Crippen LogP contribution is -2.71. The first-order chi connectivity index (χ1) is 20.5. The Labute approximate surface area is 259 Å². The number of hydroxylamine groups is 1. The van der Waals surface area contributed by atoms with Crippen molar-refractivity contribution in [3.63, 3.8) is 0 Å². The third-order valence-electron chi connectivity index (χ3n) is 6.57. The fraction of sp³-hybridized carbons (Fsp3) is 0.423. The van der Waals surface area contributed by atoms with Gasteiger partial charge < -0.3 is 20.4 Å². The van der Waals surface area contributed by atoms with Gasteiger partial charge in [0.25, 0.3) is 5.91 Å². The third kappa shape index (κ3) is 7.49. The molecule has 0 aliphatic carbocycles. The number of fused-ring (bicyclic) bond motifs is 1. The number of carbonyl (C=O) groups excluding carboxylic acids is 3. The zero-order valence-corrected chi connectivity index (χ0v) is 25.5. The molecule has 2 amide bonds. The number of aromatic nitrogens is 3. The number of amides is 2. The number of H-pyrrole nitrogens is 1. The Balaban J connectivity index is 1.38. The molecule has 1 aromatic carbocycles. The molecule has 17 heteroatoms. The quantitative estimate of drug-likeness (QED) is 0.0860. The molecule has 1 fully saturated rings. The molecule has 2 aliphatic heterocycles. The van der Waals surface area contributed by atoms with Crippen LogP contribution in [0.4, 0.5) is 0 Å². The summed E-state index contributed by atoms with van der Waals surface area (Å²) in [5.41, 5.74) is 3.59. The van der Waals surface area contributed by atoms with Gasteiger partial charge in [-0.1, -0.05) is 54.4 Å². The molecule has 1 aromatic heterocycles. The van der Waals surface area contributed by atoms with E-state index >= 15 is 0 Å². The van der Waals surface area contributed by atoms with E-state index in [0.717, 1.165) is 29.5 Å². The summed E-state index contributed by atoms with van der Waals surface area (Å²) in [6.45, 7) is 3.79. The molecule has 14 nitrogen and oxygen atoms in total. The Morgan fingerprint density at radius 1 is 1.30 bits per heavy atom. The Hall–Kier alpha value is -3.60. The van der Waals surface area contributed by atoms with Gasteiger partial charge in [0.2, 0.25) is 11.1 Å². The fourth-order valence-electron chi connectivity index (χ4n) is 4.43. The van der Waals surface area contributed by atoms with Gasteiger partial charge in [0.15, 0.2) is 5.92 Å². The lowest BCUT2D eigenvalue weighted by atomic mass is 9.95. The predicted molar refractivity (Wildman–Crippen MR) is 156 cm³/mol. The van der Waals surface area contributed by atoms with Gasteiger partial charge in [-0.15, -0.1) is 22.3 Å². The lowest BCUT2D eigenvalue weighted by Gasteiger charge is -2.49. The van der Waals surface area contributed by atoms with Crippen molar-refractivity contribution in [2.45, 2.75) is 62.1 Å². The van der Waals surface area contributed by atoms with Crippen molar-refractivity contribution in [1.82, 2.24) is 30.9 Å². The van der Waals surface area contributed by atoms with E-state index in [1.807, 2.05) is 6.92 Å². The number of rotatable bonds is 14. The second-order valence-electron chi connectivity index (χ2n) is 9.70. The van der Waals surface area contributed by atoms with Crippen molar-refractivity contribution >= 4 is 64.8 Å². The minimum absolute atomic E-state index is 0.0935. The zero-order chi connectivity index (χ0) is 31.3. The summed E-state index contributed by atoms with van der Waals surface area (Å²) in [5.74, 6) is -5.54. The molecule has 0 saturated carbocycles. The maximum atomic E-state index is 13.1. The summed E-state index contributed by atoms with van der Waals surface area (Å²) in [4.78, 5) is 72.2. The van der Waals surface area contributed by atoms with E-state index in [2.05, 4.69) is 26.0 Å². The number of carboxylic acid groups (broad SMARTS) is 2. The monoisotopic (exact) mass is 652 g/mol. The minimum atomic E-state index is -1.65. The van der Waals surface area contributed by atoms with E-state index in [1.165, 1.54) is 23.9 Å². The molecule has 0 radical (unpaired) electrons. The number of aliphatic carboxylic acids is 2. The standard InChI is InChI=1S/C26H29ClN6O8S2/c1-3-4-5-17(34)41-28-9-16-29-26(32-31-16)43-11-13-10-42-23-19(22(36)33(23)20(13)25(39)40)30-21(35)18(24(37)38)14-8-12(2)6-7-15(14)27/h6-8,18-19,23,28H,3-5,9-11H2,1-2H3,(H,30,35)(H,37,38)(H,39,40)(H,29,31,32)/t18?,19?,23-/m0/s1. The molecule has 0 spiro atoms. The molecule has 3 heterocycles. The summed E-state index contributed by atoms with van der Waals surface area (Å²) in [5, 5.41) is 28.7. The van der Waals surface area contributed by atoms with Gasteiger partial charge in [0.1, 0.15) is 22.9 Å². The van der Waals surface area contributed by atoms with Crippen molar-refractivity contribution in [3.05, 3.63) is 51.4 Å². The Kier molecular flexibility index (Phi) is 10.7. The first kappa shape index (κ1) is 32.3. The van der Waals surface area contributed by atoms with Crippen molar-refractivity contribution < 1.29 is 39.0 Å². The van der Waals surface area contributed by atoms with Crippen LogP contribution in [-0.2, 0) is 35.4 Å². The summed E-state index contributed by atoms with van der Waals surface area (Å²) in [6, 6.07) is 3.56. The van der Waals surface area contributed by atoms with Gasteiger partial charge >= 0.3 is 17.9 Å². The van der Waals surface area contributed by atoms with Crippen molar-refractivity contribution in [2.24, 2.45) is 0 Å². The van der Waals surface area contributed by atoms with E-state index in [1.54, 1.807) is 13.0 Å². The largest absolute Gasteiger partial charge is 0.480 e. The van der Waals surface area contributed by atoms with E-state index in [-0.39, 0.29) is 40.3 Å². The highest BCUT2D eigenvalue weighted by Crippen LogP contribution is 2.41. The molecule has 0 bridgehead atoms. The molecule has 1 saturated heterocycles. The van der Waals surface area contributed by atoms with Gasteiger partial charge in [0.05, 0.1) is 6.54 Å². The molecule has 2 unspecified atom stereocenters. The summed E-state index contributed by atoms with van der Waals surface area (Å²) < 4.78 is 0. The van der Waals surface area contributed by atoms with Crippen LogP contribution in [0.1, 0.15) is 49.1 Å². The van der Waals surface area contributed by atoms with Crippen molar-refractivity contribution in [1.29, 1.82) is 0 Å². The summed E-state index contributed by atoms with van der Waals surface area (Å²) in [6.07, 6.45) is 1.90. The van der Waals surface area contributed by atoms with Gasteiger partial charge in [0, 0.05) is 22.9 Å². The highest BCUT2D eigenvalue weighted by atomic mass is 35.5. The number of benzene rings is 1. The SMILES string of the molecule is CCCCC(=O)ONCc1nc(SCC2=C(C(=O)O)N3C(=O)C(NC(=O)C(C(=O)O)c4cc(C)ccc4Cl)[C@@H]3SC2)n[nH]1. The maximum absolute atomic E-state index is 13.1. The highest BCUT2D eigenvalue weighted by Gasteiger charge is 2.54. The number of β-lactam (4-membered cyclic amide) rings is 1. The fourth-order valence-corrected chi connectivity index (χ4v) is 6.96. The molecule has 5 N–H and O–H groups in total. The molecular formula is C26H29ClN6O8S2. The zero-order valence-electron chi connectivity index (χ0n) is 23.1. The molecule has 43 heavy (non-hydrogen) atoms. The number of hydrogen-bond donors (Lipinski definition) is 5. The predicted octanol–water partition coefficient (Wildman–Crippen LogP) is 2.20. The van der Waals surface area contributed by atoms with Crippen LogP contribution in [-0.4, -0.2) is 82.9 Å². The van der Waals surface area contributed by atoms with Crippen LogP contribution in [0.15, 0.2) is 34.6 Å². The van der Waals surface area contributed by atoms with Gasteiger partial charge in [-0.05, 0) is 30.5 Å². The average Bonchev–Trinajstić information content (AvgIpc) is 3.42. The third-order valence-corrected chi connectivity index (χ3v) is 9.18. The van der Waals surface area contributed by atoms with Crippen molar-refractivity contribution in [2.75, 3.05) is 11.5 Å². The second-order valence-corrected chi connectivity index (χ2v) is 12.2. The molecule has 3 atom stereocenters. The second kappa shape index (κ2) is 14.2.